The summed E-state index contributed by atoms with van der Waals surface area (Å²) in [4.78, 5) is 26.4. The highest BCUT2D eigenvalue weighted by molar-refractivity contribution is 5.80. The predicted octanol–water partition coefficient (Wildman–Crippen LogP) is 1.33. The fourth-order valence-corrected chi connectivity index (χ4v) is 2.62. The molecule has 0 aliphatic carbocycles. The van der Waals surface area contributed by atoms with Crippen molar-refractivity contribution in [3.8, 4) is 11.3 Å². The van der Waals surface area contributed by atoms with Gasteiger partial charge in [-0.05, 0) is 13.0 Å². The van der Waals surface area contributed by atoms with Crippen molar-refractivity contribution < 1.29 is 9.53 Å². The fraction of sp³-hybridized carbons (Fsp3) is 0.353. The molecule has 1 aliphatic heterocycles. The van der Waals surface area contributed by atoms with E-state index in [0.29, 0.717) is 32.0 Å². The smallest absolute Gasteiger partial charge is 0.267 e. The van der Waals surface area contributed by atoms with Crippen molar-refractivity contribution in [2.45, 2.75) is 13.0 Å². The van der Waals surface area contributed by atoms with Gasteiger partial charge in [-0.2, -0.15) is 5.10 Å². The highest BCUT2D eigenvalue weighted by Gasteiger charge is 2.25. The summed E-state index contributed by atoms with van der Waals surface area (Å²) < 4.78 is 6.52. The van der Waals surface area contributed by atoms with Crippen LogP contribution in [0.3, 0.4) is 0 Å². The van der Waals surface area contributed by atoms with Gasteiger partial charge in [-0.15, -0.1) is 0 Å². The first-order valence-electron chi connectivity index (χ1n) is 7.68. The van der Waals surface area contributed by atoms with E-state index in [9.17, 15) is 9.59 Å². The summed E-state index contributed by atoms with van der Waals surface area (Å²) in [6, 6.07) is 12.1. The molecule has 120 valence electrons. The van der Waals surface area contributed by atoms with Crippen molar-refractivity contribution in [3.63, 3.8) is 0 Å². The van der Waals surface area contributed by atoms with Crippen LogP contribution >= 0.6 is 0 Å². The molecule has 1 saturated heterocycles. The average Bonchev–Trinajstić information content (AvgIpc) is 2.62. The van der Waals surface area contributed by atoms with Gasteiger partial charge >= 0.3 is 0 Å². The predicted molar refractivity (Wildman–Crippen MR) is 86.0 cm³/mol. The molecular formula is C17H19N3O3. The molecule has 0 saturated carbocycles. The van der Waals surface area contributed by atoms with Gasteiger partial charge < -0.3 is 9.64 Å². The summed E-state index contributed by atoms with van der Waals surface area (Å²) >= 11 is 0. The largest absolute Gasteiger partial charge is 0.378 e. The number of carbonyl (C=O) groups is 1. The third-order valence-electron chi connectivity index (χ3n) is 3.94. The van der Waals surface area contributed by atoms with Crippen LogP contribution in [0.1, 0.15) is 13.0 Å². The first kappa shape index (κ1) is 15.4. The number of rotatable bonds is 3. The number of aromatic nitrogens is 2. The van der Waals surface area contributed by atoms with Gasteiger partial charge in [-0.3, -0.25) is 9.59 Å². The van der Waals surface area contributed by atoms with E-state index >= 15 is 0 Å². The van der Waals surface area contributed by atoms with E-state index in [1.54, 1.807) is 17.9 Å². The van der Waals surface area contributed by atoms with Crippen LogP contribution in [0, 0.1) is 0 Å². The lowest BCUT2D eigenvalue weighted by Crippen LogP contribution is -2.45. The normalized spacial score (nSPS) is 16.1. The molecule has 1 amide bonds. The molecule has 0 radical (unpaired) electrons. The van der Waals surface area contributed by atoms with E-state index in [1.807, 2.05) is 30.3 Å². The highest BCUT2D eigenvalue weighted by Crippen LogP contribution is 2.16. The Labute approximate surface area is 134 Å². The van der Waals surface area contributed by atoms with Gasteiger partial charge in [-0.1, -0.05) is 30.3 Å². The second-order valence-corrected chi connectivity index (χ2v) is 5.48. The number of carbonyl (C=O) groups excluding carboxylic acids is 1. The van der Waals surface area contributed by atoms with Crippen molar-refractivity contribution in [2.75, 3.05) is 26.3 Å². The Morgan fingerprint density at radius 3 is 2.52 bits per heavy atom. The van der Waals surface area contributed by atoms with Gasteiger partial charge in [-0.25, -0.2) is 4.68 Å². The molecule has 1 unspecified atom stereocenters. The Hall–Kier alpha value is -2.47. The number of hydrogen-bond donors (Lipinski definition) is 0. The SMILES string of the molecule is CC(C(=O)N1CCOCC1)n1nc(-c2ccccc2)ccc1=O. The minimum atomic E-state index is -0.635. The van der Waals surface area contributed by atoms with Crippen LogP contribution in [0.15, 0.2) is 47.3 Å². The first-order valence-corrected chi connectivity index (χ1v) is 7.68. The molecule has 1 aromatic carbocycles. The Bertz CT molecular complexity index is 736. The maximum atomic E-state index is 12.6. The van der Waals surface area contributed by atoms with Crippen LogP contribution in [0.4, 0.5) is 0 Å². The minimum absolute atomic E-state index is 0.104. The number of amides is 1. The van der Waals surface area contributed by atoms with Crippen molar-refractivity contribution in [1.82, 2.24) is 14.7 Å². The molecule has 1 aliphatic rings. The third kappa shape index (κ3) is 3.32. The summed E-state index contributed by atoms with van der Waals surface area (Å²) in [5, 5.41) is 4.38. The molecule has 0 N–H and O–H groups in total. The number of hydrogen-bond acceptors (Lipinski definition) is 4. The van der Waals surface area contributed by atoms with Crippen molar-refractivity contribution in [1.29, 1.82) is 0 Å². The van der Waals surface area contributed by atoms with Gasteiger partial charge in [0, 0.05) is 24.7 Å². The summed E-state index contributed by atoms with van der Waals surface area (Å²) in [6.07, 6.45) is 0. The maximum absolute atomic E-state index is 12.6. The summed E-state index contributed by atoms with van der Waals surface area (Å²) in [6.45, 7) is 3.88. The average molecular weight is 313 g/mol. The molecule has 1 fully saturated rings. The number of nitrogens with zero attached hydrogens (tertiary/aromatic N) is 3. The number of ether oxygens (including phenoxy) is 1. The molecule has 3 rings (SSSR count). The molecule has 1 atom stereocenters. The van der Waals surface area contributed by atoms with E-state index in [-0.39, 0.29) is 11.5 Å². The van der Waals surface area contributed by atoms with E-state index in [2.05, 4.69) is 5.10 Å². The minimum Gasteiger partial charge on any atom is -0.378 e. The van der Waals surface area contributed by atoms with E-state index in [0.717, 1.165) is 5.56 Å². The number of benzene rings is 1. The summed E-state index contributed by atoms with van der Waals surface area (Å²) in [5.74, 6) is -0.104. The lowest BCUT2D eigenvalue weighted by Gasteiger charge is -2.29. The fourth-order valence-electron chi connectivity index (χ4n) is 2.62. The quantitative estimate of drug-likeness (QED) is 0.857. The number of morpholine rings is 1. The topological polar surface area (TPSA) is 64.4 Å². The highest BCUT2D eigenvalue weighted by atomic mass is 16.5. The van der Waals surface area contributed by atoms with E-state index in [4.69, 9.17) is 4.74 Å². The summed E-state index contributed by atoms with van der Waals surface area (Å²) in [5.41, 5.74) is 1.30. The molecule has 2 heterocycles. The second-order valence-electron chi connectivity index (χ2n) is 5.48. The van der Waals surface area contributed by atoms with Crippen molar-refractivity contribution in [2.24, 2.45) is 0 Å². The van der Waals surface area contributed by atoms with Gasteiger partial charge in [0.25, 0.3) is 5.56 Å². The van der Waals surface area contributed by atoms with Crippen molar-refractivity contribution in [3.05, 3.63) is 52.8 Å². The zero-order chi connectivity index (χ0) is 16.2. The van der Waals surface area contributed by atoms with E-state index < -0.39 is 6.04 Å². The van der Waals surface area contributed by atoms with Crippen LogP contribution in [0.2, 0.25) is 0 Å². The van der Waals surface area contributed by atoms with Gasteiger partial charge in [0.1, 0.15) is 6.04 Å². The van der Waals surface area contributed by atoms with Crippen LogP contribution in [0.5, 0.6) is 0 Å². The molecule has 6 nitrogen and oxygen atoms in total. The van der Waals surface area contributed by atoms with Crippen LogP contribution < -0.4 is 5.56 Å². The first-order chi connectivity index (χ1) is 11.2. The van der Waals surface area contributed by atoms with Gasteiger partial charge in [0.2, 0.25) is 5.91 Å². The molecule has 6 heteroatoms. The Morgan fingerprint density at radius 1 is 1.13 bits per heavy atom. The van der Waals surface area contributed by atoms with Crippen molar-refractivity contribution >= 4 is 5.91 Å². The Kier molecular flexibility index (Phi) is 4.52. The van der Waals surface area contributed by atoms with Gasteiger partial charge in [0.15, 0.2) is 0 Å². The molecule has 0 spiro atoms. The maximum Gasteiger partial charge on any atom is 0.267 e. The second kappa shape index (κ2) is 6.75. The monoisotopic (exact) mass is 313 g/mol. The summed E-state index contributed by atoms with van der Waals surface area (Å²) in [7, 11) is 0. The standard InChI is InChI=1S/C17H19N3O3/c1-13(17(22)19-9-11-23-12-10-19)20-16(21)8-7-15(18-20)14-5-3-2-4-6-14/h2-8,13H,9-12H2,1H3. The zero-order valence-corrected chi connectivity index (χ0v) is 13.0. The van der Waals surface area contributed by atoms with Crippen LogP contribution in [0.25, 0.3) is 11.3 Å². The third-order valence-corrected chi connectivity index (χ3v) is 3.94. The molecular weight excluding hydrogens is 294 g/mol. The zero-order valence-electron chi connectivity index (χ0n) is 13.0. The molecule has 2 aromatic rings. The lowest BCUT2D eigenvalue weighted by molar-refractivity contribution is -0.138. The molecule has 0 bridgehead atoms. The molecule has 23 heavy (non-hydrogen) atoms. The van der Waals surface area contributed by atoms with Crippen LogP contribution in [-0.2, 0) is 9.53 Å². The molecule has 1 aromatic heterocycles. The van der Waals surface area contributed by atoms with E-state index in [1.165, 1.54) is 10.7 Å². The lowest BCUT2D eigenvalue weighted by atomic mass is 10.1. The Balaban J connectivity index is 1.89. The van der Waals surface area contributed by atoms with Crippen LogP contribution in [-0.4, -0.2) is 46.9 Å². The van der Waals surface area contributed by atoms with Gasteiger partial charge in [0.05, 0.1) is 18.9 Å². The Morgan fingerprint density at radius 2 is 1.83 bits per heavy atom.